The Hall–Kier alpha value is -1.04. The average molecular weight is 147 g/mol. The summed E-state index contributed by atoms with van der Waals surface area (Å²) in [5, 5.41) is 0. The Balaban J connectivity index is 4.42. The Bertz CT molecular complexity index is 143. The Morgan fingerprint density at radius 1 is 1.09 bits per heavy atom. The molecule has 0 aliphatic carbocycles. The molecule has 0 aliphatic heterocycles. The first-order valence-corrected chi connectivity index (χ1v) is 3.64. The highest BCUT2D eigenvalue weighted by atomic mass is 14.2. The van der Waals surface area contributed by atoms with E-state index >= 15 is 0 Å². The lowest BCUT2D eigenvalue weighted by molar-refractivity contribution is 0.493. The largest absolute Gasteiger partial charge is 0.103 e. The maximum absolute atomic E-state index is 3.74. The van der Waals surface area contributed by atoms with Crippen molar-refractivity contribution in [3.8, 4) is 0 Å². The van der Waals surface area contributed by atoms with Gasteiger partial charge in [0.25, 0.3) is 0 Å². The van der Waals surface area contributed by atoms with Gasteiger partial charge in [0.1, 0.15) is 0 Å². The molecule has 0 bridgehead atoms. The van der Waals surface area contributed by atoms with Crippen LogP contribution in [0.4, 0.5) is 0 Å². The molecule has 0 atom stereocenters. The van der Waals surface area contributed by atoms with E-state index in [1.54, 1.807) is 0 Å². The third-order valence-electron chi connectivity index (χ3n) is 1.76. The lowest BCUT2D eigenvalue weighted by Gasteiger charge is -2.22. The lowest BCUT2D eigenvalue weighted by atomic mass is 9.81. The van der Waals surface area contributed by atoms with E-state index in [9.17, 15) is 0 Å². The van der Waals surface area contributed by atoms with Crippen LogP contribution in [-0.2, 0) is 0 Å². The van der Waals surface area contributed by atoms with Crippen LogP contribution in [0, 0.1) is 11.5 Å². The van der Waals surface area contributed by atoms with E-state index in [-0.39, 0.29) is 5.41 Å². The summed E-state index contributed by atoms with van der Waals surface area (Å²) in [5.41, 5.74) is -0.149. The third kappa shape index (κ3) is 2.58. The first kappa shape index (κ1) is 9.96. The maximum Gasteiger partial charge on any atom is 0.0195 e. The predicted octanol–water partition coefficient (Wildman–Crippen LogP) is 3.30. The van der Waals surface area contributed by atoms with Crippen molar-refractivity contribution in [1.29, 1.82) is 0 Å². The van der Waals surface area contributed by atoms with Gasteiger partial charge in [0, 0.05) is 5.41 Å². The molecule has 1 radical (unpaired) electrons. The van der Waals surface area contributed by atoms with E-state index in [0.29, 0.717) is 0 Å². The molecule has 0 unspecified atom stereocenters. The fourth-order valence-corrected chi connectivity index (χ4v) is 0.982. The third-order valence-corrected chi connectivity index (χ3v) is 1.76. The summed E-state index contributed by atoms with van der Waals surface area (Å²) >= 11 is 0. The van der Waals surface area contributed by atoms with Crippen molar-refractivity contribution in [3.63, 3.8) is 0 Å². The first-order valence-electron chi connectivity index (χ1n) is 3.64. The number of allylic oxidation sites excluding steroid dienone is 4. The van der Waals surface area contributed by atoms with E-state index in [1.165, 1.54) is 0 Å². The molecule has 0 rings (SSSR count). The van der Waals surface area contributed by atoms with Crippen molar-refractivity contribution in [1.82, 2.24) is 0 Å². The molecule has 0 spiro atoms. The van der Waals surface area contributed by atoms with Gasteiger partial charge < -0.3 is 0 Å². The van der Waals surface area contributed by atoms with Crippen LogP contribution in [0.25, 0.3) is 0 Å². The fraction of sp³-hybridized carbons (Fsp3) is 0.273. The van der Waals surface area contributed by atoms with E-state index in [4.69, 9.17) is 0 Å². The highest BCUT2D eigenvalue weighted by molar-refractivity contribution is 5.07. The Kier molecular flexibility index (Phi) is 4.28. The first-order chi connectivity index (χ1) is 5.24. The van der Waals surface area contributed by atoms with Crippen LogP contribution in [-0.4, -0.2) is 0 Å². The van der Waals surface area contributed by atoms with Crippen LogP contribution in [0.15, 0.2) is 44.5 Å². The highest BCUT2D eigenvalue weighted by Gasteiger charge is 2.18. The minimum Gasteiger partial charge on any atom is -0.103 e. The molecule has 0 saturated carbocycles. The average Bonchev–Trinajstić information content (AvgIpc) is 2.04. The zero-order chi connectivity index (χ0) is 8.74. The quantitative estimate of drug-likeness (QED) is 0.506. The van der Waals surface area contributed by atoms with Crippen LogP contribution in [0.1, 0.15) is 12.8 Å². The lowest BCUT2D eigenvalue weighted by Crippen LogP contribution is -2.12. The molecular formula is C11H15. The molecule has 11 heavy (non-hydrogen) atoms. The van der Waals surface area contributed by atoms with Gasteiger partial charge in [-0.25, -0.2) is 0 Å². The minimum atomic E-state index is -0.149. The van der Waals surface area contributed by atoms with Crippen molar-refractivity contribution >= 4 is 0 Å². The second-order valence-corrected chi connectivity index (χ2v) is 2.52. The molecule has 0 aromatic rings. The Morgan fingerprint density at radius 3 is 1.73 bits per heavy atom. The van der Waals surface area contributed by atoms with Crippen LogP contribution < -0.4 is 0 Å². The molecule has 0 heterocycles. The van der Waals surface area contributed by atoms with Crippen molar-refractivity contribution < 1.29 is 0 Å². The van der Waals surface area contributed by atoms with E-state index in [2.05, 4.69) is 32.4 Å². The van der Waals surface area contributed by atoms with Gasteiger partial charge in [0.05, 0.1) is 0 Å². The van der Waals surface area contributed by atoms with Gasteiger partial charge in [-0.3, -0.25) is 0 Å². The van der Waals surface area contributed by atoms with Gasteiger partial charge in [0.2, 0.25) is 0 Å². The molecule has 0 aromatic heterocycles. The summed E-state index contributed by atoms with van der Waals surface area (Å²) in [7, 11) is 0. The molecular weight excluding hydrogens is 132 g/mol. The minimum absolute atomic E-state index is 0.149. The zero-order valence-electron chi connectivity index (χ0n) is 6.97. The standard InChI is InChI=1S/C11H15/c1-5-9-11(7-3,8-4)10-6-2/h5-7H,1-4,9-10H2. The van der Waals surface area contributed by atoms with Gasteiger partial charge >= 0.3 is 0 Å². The molecule has 0 heteroatoms. The molecule has 0 N–H and O–H groups in total. The monoisotopic (exact) mass is 147 g/mol. The van der Waals surface area contributed by atoms with Crippen molar-refractivity contribution in [2.45, 2.75) is 12.8 Å². The van der Waals surface area contributed by atoms with Gasteiger partial charge in [-0.1, -0.05) is 24.8 Å². The van der Waals surface area contributed by atoms with Gasteiger partial charge in [-0.2, -0.15) is 0 Å². The van der Waals surface area contributed by atoms with Crippen molar-refractivity contribution in [3.05, 3.63) is 50.6 Å². The summed E-state index contributed by atoms with van der Waals surface area (Å²) in [6.07, 6.45) is 10.2. The molecule has 59 valence electrons. The second kappa shape index (κ2) is 4.73. The normalized spacial score (nSPS) is 10.2. The predicted molar refractivity (Wildman–Crippen MR) is 51.1 cm³/mol. The van der Waals surface area contributed by atoms with E-state index in [0.717, 1.165) is 12.8 Å². The number of hydrogen-bond acceptors (Lipinski definition) is 0. The molecule has 0 saturated heterocycles. The zero-order valence-corrected chi connectivity index (χ0v) is 6.97. The smallest absolute Gasteiger partial charge is 0.0195 e. The Morgan fingerprint density at radius 2 is 1.55 bits per heavy atom. The van der Waals surface area contributed by atoms with E-state index < -0.39 is 0 Å². The van der Waals surface area contributed by atoms with Gasteiger partial charge in [-0.15, -0.1) is 19.7 Å². The van der Waals surface area contributed by atoms with Crippen LogP contribution >= 0.6 is 0 Å². The summed E-state index contributed by atoms with van der Waals surface area (Å²) in [5.74, 6) is 0. The van der Waals surface area contributed by atoms with E-state index in [1.807, 2.05) is 18.2 Å². The summed E-state index contributed by atoms with van der Waals surface area (Å²) in [6.45, 7) is 14.7. The SMILES string of the molecule is C=[C]C(C=C)(CC=C)CC=C. The molecule has 0 fully saturated rings. The van der Waals surface area contributed by atoms with Crippen LogP contribution in [0.2, 0.25) is 0 Å². The fourth-order valence-electron chi connectivity index (χ4n) is 0.982. The maximum atomic E-state index is 3.74. The van der Waals surface area contributed by atoms with Crippen molar-refractivity contribution in [2.24, 2.45) is 5.41 Å². The second-order valence-electron chi connectivity index (χ2n) is 2.52. The highest BCUT2D eigenvalue weighted by Crippen LogP contribution is 2.29. The van der Waals surface area contributed by atoms with Crippen LogP contribution in [0.5, 0.6) is 0 Å². The van der Waals surface area contributed by atoms with Crippen molar-refractivity contribution in [2.75, 3.05) is 0 Å². The molecule has 0 nitrogen and oxygen atoms in total. The Labute approximate surface area is 69.6 Å². The summed E-state index contributed by atoms with van der Waals surface area (Å²) < 4.78 is 0. The molecule has 0 aromatic carbocycles. The van der Waals surface area contributed by atoms with Gasteiger partial charge in [0.15, 0.2) is 0 Å². The van der Waals surface area contributed by atoms with Gasteiger partial charge in [-0.05, 0) is 18.9 Å². The molecule has 0 amide bonds. The number of rotatable bonds is 6. The number of hydrogen-bond donors (Lipinski definition) is 0. The molecule has 0 aliphatic rings. The topological polar surface area (TPSA) is 0 Å². The summed E-state index contributed by atoms with van der Waals surface area (Å²) in [4.78, 5) is 0. The summed E-state index contributed by atoms with van der Waals surface area (Å²) in [6, 6.07) is 0. The van der Waals surface area contributed by atoms with Crippen LogP contribution in [0.3, 0.4) is 0 Å².